The van der Waals surface area contributed by atoms with Crippen LogP contribution >= 0.6 is 0 Å². The van der Waals surface area contributed by atoms with E-state index in [1.54, 1.807) is 17.6 Å². The van der Waals surface area contributed by atoms with Gasteiger partial charge in [-0.2, -0.15) is 0 Å². The molecule has 1 aromatic carbocycles. The van der Waals surface area contributed by atoms with Crippen molar-refractivity contribution in [3.8, 4) is 5.75 Å². The van der Waals surface area contributed by atoms with Crippen LogP contribution in [0.3, 0.4) is 0 Å². The van der Waals surface area contributed by atoms with E-state index in [2.05, 4.69) is 11.8 Å². The minimum Gasteiger partial charge on any atom is -0.492 e. The molecule has 1 heterocycles. The quantitative estimate of drug-likeness (QED) is 0.564. The number of nitrogens with zero attached hydrogens (tertiary/aromatic N) is 1. The Morgan fingerprint density at radius 1 is 1.59 bits per heavy atom. The van der Waals surface area contributed by atoms with E-state index in [0.29, 0.717) is 24.0 Å². The van der Waals surface area contributed by atoms with Crippen LogP contribution < -0.4 is 10.2 Å². The second-order valence-corrected chi connectivity index (χ2v) is 4.34. The van der Waals surface area contributed by atoms with Crippen molar-refractivity contribution < 1.29 is 14.7 Å². The number of ether oxygens (including phenoxy) is 1. The number of rotatable bonds is 1. The van der Waals surface area contributed by atoms with Gasteiger partial charge >= 0.3 is 0 Å². The van der Waals surface area contributed by atoms with Gasteiger partial charge < -0.3 is 4.74 Å². The molecule has 0 bridgehead atoms. The van der Waals surface area contributed by atoms with Crippen LogP contribution in [0.15, 0.2) is 18.2 Å². The summed E-state index contributed by atoms with van der Waals surface area (Å²) >= 11 is 0. The summed E-state index contributed by atoms with van der Waals surface area (Å²) in [6.45, 7) is 3.47. The third kappa shape index (κ3) is 2.40. The Balaban J connectivity index is 2.31. The van der Waals surface area contributed by atoms with Crippen molar-refractivity contribution in [2.75, 3.05) is 13.7 Å². The fraction of sp³-hybridized carbons (Fsp3) is 0.417. The van der Waals surface area contributed by atoms with Crippen LogP contribution in [0.5, 0.6) is 5.75 Å². The smallest absolute Gasteiger partial charge is 0.274 e. The Labute approximate surface area is 99.9 Å². The van der Waals surface area contributed by atoms with Gasteiger partial charge in [-0.3, -0.25) is 14.9 Å². The maximum atomic E-state index is 11.3. The van der Waals surface area contributed by atoms with Crippen molar-refractivity contribution in [3.05, 3.63) is 29.3 Å². The molecular formula is C12H16N2O3. The number of nitrogens with one attached hydrogen (secondary N) is 1. The predicted molar refractivity (Wildman–Crippen MR) is 62.1 cm³/mol. The summed E-state index contributed by atoms with van der Waals surface area (Å²) in [5.41, 5.74) is 3.06. The minimum absolute atomic E-state index is 0.331. The third-order valence-electron chi connectivity index (χ3n) is 3.08. The molecule has 1 amide bonds. The molecule has 1 aliphatic heterocycles. The Hall–Kier alpha value is -1.59. The van der Waals surface area contributed by atoms with E-state index in [1.165, 1.54) is 0 Å². The van der Waals surface area contributed by atoms with Crippen molar-refractivity contribution in [2.45, 2.75) is 19.5 Å². The highest BCUT2D eigenvalue weighted by atomic mass is 16.5. The van der Waals surface area contributed by atoms with Gasteiger partial charge in [0.25, 0.3) is 5.91 Å². The molecular weight excluding hydrogens is 220 g/mol. The normalized spacial score (nSPS) is 20.1. The first-order valence-electron chi connectivity index (χ1n) is 5.52. The Morgan fingerprint density at radius 3 is 3.06 bits per heavy atom. The second kappa shape index (κ2) is 4.73. The maximum absolute atomic E-state index is 11.3. The number of likely N-dealkylation sites (N-methyl/N-ethyl adjacent to an activating group) is 1. The zero-order valence-corrected chi connectivity index (χ0v) is 9.93. The lowest BCUT2D eigenvalue weighted by Crippen LogP contribution is -2.31. The Bertz CT molecular complexity index is 434. The molecule has 1 aromatic rings. The van der Waals surface area contributed by atoms with E-state index in [1.807, 2.05) is 13.1 Å². The van der Waals surface area contributed by atoms with Crippen molar-refractivity contribution in [3.63, 3.8) is 0 Å². The van der Waals surface area contributed by atoms with Crippen LogP contribution in [0.2, 0.25) is 0 Å². The van der Waals surface area contributed by atoms with Gasteiger partial charge in [0.2, 0.25) is 0 Å². The molecule has 1 unspecified atom stereocenters. The summed E-state index contributed by atoms with van der Waals surface area (Å²) < 4.78 is 5.66. The van der Waals surface area contributed by atoms with Crippen LogP contribution in [0.1, 0.15) is 22.8 Å². The first-order chi connectivity index (χ1) is 8.11. The molecule has 1 aliphatic rings. The van der Waals surface area contributed by atoms with Crippen molar-refractivity contribution in [2.24, 2.45) is 0 Å². The number of carbonyl (C=O) groups is 1. The molecule has 2 N–H and O–H groups in total. The molecule has 92 valence electrons. The lowest BCUT2D eigenvalue weighted by molar-refractivity contribution is 0.0706. The van der Waals surface area contributed by atoms with Crippen LogP contribution in [0.25, 0.3) is 0 Å². The first-order valence-corrected chi connectivity index (χ1v) is 5.52. The molecule has 17 heavy (non-hydrogen) atoms. The molecule has 0 saturated heterocycles. The molecule has 0 radical (unpaired) electrons. The number of hydrogen-bond donors (Lipinski definition) is 2. The molecule has 2 rings (SSSR count). The molecule has 1 atom stereocenters. The fourth-order valence-electron chi connectivity index (χ4n) is 1.79. The summed E-state index contributed by atoms with van der Waals surface area (Å²) in [6, 6.07) is 5.52. The van der Waals surface area contributed by atoms with Gasteiger partial charge in [-0.05, 0) is 26.1 Å². The van der Waals surface area contributed by atoms with Crippen LogP contribution in [0, 0.1) is 0 Å². The lowest BCUT2D eigenvalue weighted by Gasteiger charge is -2.19. The average Bonchev–Trinajstić information content (AvgIpc) is 2.48. The summed E-state index contributed by atoms with van der Waals surface area (Å²) in [4.78, 5) is 13.5. The number of benzene rings is 1. The van der Waals surface area contributed by atoms with E-state index in [0.717, 1.165) is 12.1 Å². The molecule has 0 spiro atoms. The fourth-order valence-corrected chi connectivity index (χ4v) is 1.79. The van der Waals surface area contributed by atoms with Gasteiger partial charge in [-0.1, -0.05) is 6.07 Å². The second-order valence-electron chi connectivity index (χ2n) is 4.34. The number of hydroxylamine groups is 1. The van der Waals surface area contributed by atoms with E-state index < -0.39 is 5.91 Å². The maximum Gasteiger partial charge on any atom is 0.274 e. The minimum atomic E-state index is -0.526. The van der Waals surface area contributed by atoms with Crippen molar-refractivity contribution >= 4 is 5.91 Å². The standard InChI is InChI=1S/C12H16N2O3/c1-8-7-17-11-5-9(12(15)13-16)3-4-10(11)6-14(8)2/h3-5,8,16H,6-7H2,1-2H3,(H,13,15). The number of hydrogen-bond acceptors (Lipinski definition) is 4. The number of amides is 1. The van der Waals surface area contributed by atoms with Gasteiger partial charge in [0.1, 0.15) is 12.4 Å². The summed E-state index contributed by atoms with van der Waals surface area (Å²) in [5, 5.41) is 8.58. The van der Waals surface area contributed by atoms with Gasteiger partial charge in [-0.15, -0.1) is 0 Å². The average molecular weight is 236 g/mol. The van der Waals surface area contributed by atoms with E-state index in [9.17, 15) is 4.79 Å². The van der Waals surface area contributed by atoms with E-state index >= 15 is 0 Å². The number of fused-ring (bicyclic) bond motifs is 1. The van der Waals surface area contributed by atoms with Gasteiger partial charge in [0, 0.05) is 23.7 Å². The molecule has 0 aromatic heterocycles. The zero-order valence-electron chi connectivity index (χ0n) is 9.93. The molecule has 5 heteroatoms. The van der Waals surface area contributed by atoms with Gasteiger partial charge in [-0.25, -0.2) is 5.48 Å². The third-order valence-corrected chi connectivity index (χ3v) is 3.08. The van der Waals surface area contributed by atoms with Gasteiger partial charge in [0.05, 0.1) is 0 Å². The highest BCUT2D eigenvalue weighted by molar-refractivity contribution is 5.93. The summed E-state index contributed by atoms with van der Waals surface area (Å²) in [5.74, 6) is 0.185. The van der Waals surface area contributed by atoms with E-state index in [4.69, 9.17) is 9.94 Å². The van der Waals surface area contributed by atoms with Crippen LogP contribution in [-0.4, -0.2) is 35.7 Å². The predicted octanol–water partition coefficient (Wildman–Crippen LogP) is 1.02. The Morgan fingerprint density at radius 2 is 2.35 bits per heavy atom. The molecule has 5 nitrogen and oxygen atoms in total. The SMILES string of the molecule is CC1COc2cc(C(=O)NO)ccc2CN1C. The molecule has 0 aliphatic carbocycles. The van der Waals surface area contributed by atoms with Crippen LogP contribution in [0.4, 0.5) is 0 Å². The summed E-state index contributed by atoms with van der Waals surface area (Å²) in [7, 11) is 2.04. The van der Waals surface area contributed by atoms with Gasteiger partial charge in [0.15, 0.2) is 0 Å². The van der Waals surface area contributed by atoms with Crippen molar-refractivity contribution in [1.29, 1.82) is 0 Å². The zero-order chi connectivity index (χ0) is 12.4. The highest BCUT2D eigenvalue weighted by Gasteiger charge is 2.19. The van der Waals surface area contributed by atoms with Crippen molar-refractivity contribution in [1.82, 2.24) is 10.4 Å². The lowest BCUT2D eigenvalue weighted by atomic mass is 10.1. The Kier molecular flexibility index (Phi) is 3.31. The number of carbonyl (C=O) groups excluding carboxylic acids is 1. The molecule has 0 fully saturated rings. The summed E-state index contributed by atoms with van der Waals surface area (Å²) in [6.07, 6.45) is 0. The largest absolute Gasteiger partial charge is 0.492 e. The topological polar surface area (TPSA) is 61.8 Å². The first kappa shape index (κ1) is 11.9. The van der Waals surface area contributed by atoms with E-state index in [-0.39, 0.29) is 0 Å². The molecule has 0 saturated carbocycles. The monoisotopic (exact) mass is 236 g/mol. The van der Waals surface area contributed by atoms with Crippen LogP contribution in [-0.2, 0) is 6.54 Å². The highest BCUT2D eigenvalue weighted by Crippen LogP contribution is 2.25.